The summed E-state index contributed by atoms with van der Waals surface area (Å²) in [4.78, 5) is 0.0864. The molecule has 0 fully saturated rings. The van der Waals surface area contributed by atoms with Crippen LogP contribution in [0.1, 0.15) is 12.5 Å². The van der Waals surface area contributed by atoms with Crippen LogP contribution in [0.5, 0.6) is 11.5 Å². The maximum absolute atomic E-state index is 12.6. The topological polar surface area (TPSA) is 64.6 Å². The normalized spacial score (nSPS) is 11.3. The van der Waals surface area contributed by atoms with Gasteiger partial charge in [0.05, 0.1) is 13.7 Å². The molecule has 2 aromatic carbocycles. The van der Waals surface area contributed by atoms with Gasteiger partial charge in [-0.2, -0.15) is 0 Å². The quantitative estimate of drug-likeness (QED) is 0.775. The van der Waals surface area contributed by atoms with Crippen molar-refractivity contribution in [1.29, 1.82) is 0 Å². The Labute approximate surface area is 144 Å². The predicted octanol–water partition coefficient (Wildman–Crippen LogP) is 3.33. The van der Waals surface area contributed by atoms with Gasteiger partial charge in [0, 0.05) is 16.6 Å². The van der Waals surface area contributed by atoms with Crippen molar-refractivity contribution in [3.05, 3.63) is 52.5 Å². The molecular formula is C16H18BrNO4S. The second kappa shape index (κ2) is 7.81. The number of methoxy groups -OCH3 is 1. The van der Waals surface area contributed by atoms with Crippen LogP contribution in [-0.2, 0) is 16.6 Å². The van der Waals surface area contributed by atoms with Crippen LogP contribution in [0.3, 0.4) is 0 Å². The van der Waals surface area contributed by atoms with Gasteiger partial charge < -0.3 is 9.47 Å². The minimum Gasteiger partial charge on any atom is -0.495 e. The molecule has 0 aliphatic rings. The second-order valence-electron chi connectivity index (χ2n) is 4.66. The van der Waals surface area contributed by atoms with Gasteiger partial charge >= 0.3 is 0 Å². The molecule has 1 N–H and O–H groups in total. The molecule has 0 saturated heterocycles. The smallest absolute Gasteiger partial charge is 0.244 e. The molecule has 5 nitrogen and oxygen atoms in total. The summed E-state index contributed by atoms with van der Waals surface area (Å²) in [6.07, 6.45) is 0. The zero-order chi connectivity index (χ0) is 16.9. The number of benzene rings is 2. The summed E-state index contributed by atoms with van der Waals surface area (Å²) in [7, 11) is -2.28. The first kappa shape index (κ1) is 17.8. The van der Waals surface area contributed by atoms with Gasteiger partial charge in [-0.25, -0.2) is 13.1 Å². The van der Waals surface area contributed by atoms with E-state index in [1.807, 2.05) is 31.2 Å². The molecule has 0 aliphatic carbocycles. The molecule has 0 spiro atoms. The van der Waals surface area contributed by atoms with Crippen LogP contribution < -0.4 is 14.2 Å². The predicted molar refractivity (Wildman–Crippen MR) is 92.3 cm³/mol. The van der Waals surface area contributed by atoms with E-state index in [4.69, 9.17) is 9.47 Å². The van der Waals surface area contributed by atoms with Crippen molar-refractivity contribution in [2.45, 2.75) is 18.4 Å². The Bertz CT molecular complexity index is 777. The SMILES string of the molecule is CCOc1ccccc1CNS(=O)(=O)c1cc(Br)ccc1OC. The van der Waals surface area contributed by atoms with E-state index >= 15 is 0 Å². The lowest BCUT2D eigenvalue weighted by Gasteiger charge is -2.13. The van der Waals surface area contributed by atoms with Gasteiger partial charge in [-0.05, 0) is 31.2 Å². The minimum atomic E-state index is -3.72. The summed E-state index contributed by atoms with van der Waals surface area (Å²) in [5, 5.41) is 0. The van der Waals surface area contributed by atoms with Gasteiger partial charge in [-0.3, -0.25) is 0 Å². The molecule has 0 radical (unpaired) electrons. The standard InChI is InChI=1S/C16H18BrNO4S/c1-3-22-14-7-5-4-6-12(14)11-18-23(19,20)16-10-13(17)8-9-15(16)21-2/h4-10,18H,3,11H2,1-2H3. The number of rotatable bonds is 7. The monoisotopic (exact) mass is 399 g/mol. The number of sulfonamides is 1. The van der Waals surface area contributed by atoms with E-state index in [0.29, 0.717) is 22.6 Å². The molecule has 0 heterocycles. The van der Waals surface area contributed by atoms with E-state index in [1.165, 1.54) is 13.2 Å². The number of hydrogen-bond acceptors (Lipinski definition) is 4. The lowest BCUT2D eigenvalue weighted by atomic mass is 10.2. The van der Waals surface area contributed by atoms with Crippen LogP contribution in [0.15, 0.2) is 51.8 Å². The van der Waals surface area contributed by atoms with Gasteiger partial charge in [0.15, 0.2) is 0 Å². The number of para-hydroxylation sites is 1. The van der Waals surface area contributed by atoms with E-state index in [2.05, 4.69) is 20.7 Å². The highest BCUT2D eigenvalue weighted by atomic mass is 79.9. The fourth-order valence-corrected chi connectivity index (χ4v) is 3.77. The summed E-state index contributed by atoms with van der Waals surface area (Å²) in [5.74, 6) is 0.956. The van der Waals surface area contributed by atoms with Crippen LogP contribution in [-0.4, -0.2) is 22.1 Å². The van der Waals surface area contributed by atoms with Crippen LogP contribution in [0.25, 0.3) is 0 Å². The first-order chi connectivity index (χ1) is 11.0. The third-order valence-electron chi connectivity index (χ3n) is 3.14. The summed E-state index contributed by atoms with van der Waals surface area (Å²) >= 11 is 3.28. The van der Waals surface area contributed by atoms with Crippen molar-refractivity contribution in [1.82, 2.24) is 4.72 Å². The second-order valence-corrected chi connectivity index (χ2v) is 7.31. The Hall–Kier alpha value is -1.57. The van der Waals surface area contributed by atoms with E-state index in [-0.39, 0.29) is 11.4 Å². The summed E-state index contributed by atoms with van der Waals surface area (Å²) in [6, 6.07) is 12.2. The molecule has 0 aliphatic heterocycles. The zero-order valence-electron chi connectivity index (χ0n) is 12.9. The molecule has 2 rings (SSSR count). The maximum Gasteiger partial charge on any atom is 0.244 e. The highest BCUT2D eigenvalue weighted by Gasteiger charge is 2.20. The molecule has 124 valence electrons. The highest BCUT2D eigenvalue weighted by Crippen LogP contribution is 2.27. The van der Waals surface area contributed by atoms with Crippen molar-refractivity contribution in [3.8, 4) is 11.5 Å². The molecule has 2 aromatic rings. The van der Waals surface area contributed by atoms with Crippen molar-refractivity contribution >= 4 is 26.0 Å². The van der Waals surface area contributed by atoms with Crippen molar-refractivity contribution in [3.63, 3.8) is 0 Å². The van der Waals surface area contributed by atoms with Crippen LogP contribution in [0.2, 0.25) is 0 Å². The number of ether oxygens (including phenoxy) is 2. The average molecular weight is 400 g/mol. The zero-order valence-corrected chi connectivity index (χ0v) is 15.3. The average Bonchev–Trinajstić information content (AvgIpc) is 2.54. The third-order valence-corrected chi connectivity index (χ3v) is 5.06. The Balaban J connectivity index is 2.25. The molecule has 0 bridgehead atoms. The van der Waals surface area contributed by atoms with Crippen molar-refractivity contribution in [2.75, 3.05) is 13.7 Å². The molecule has 0 aromatic heterocycles. The molecule has 23 heavy (non-hydrogen) atoms. The molecular weight excluding hydrogens is 382 g/mol. The summed E-state index contributed by atoms with van der Waals surface area (Å²) in [5.41, 5.74) is 0.770. The Morgan fingerprint density at radius 3 is 2.57 bits per heavy atom. The molecule has 0 atom stereocenters. The lowest BCUT2D eigenvalue weighted by molar-refractivity contribution is 0.336. The molecule has 7 heteroatoms. The van der Waals surface area contributed by atoms with Gasteiger partial charge in [0.2, 0.25) is 10.0 Å². The largest absolute Gasteiger partial charge is 0.495 e. The molecule has 0 saturated carbocycles. The third kappa shape index (κ3) is 4.46. The minimum absolute atomic E-state index is 0.0864. The van der Waals surface area contributed by atoms with Crippen LogP contribution in [0, 0.1) is 0 Å². The van der Waals surface area contributed by atoms with E-state index in [1.54, 1.807) is 12.1 Å². The Morgan fingerprint density at radius 2 is 1.87 bits per heavy atom. The molecule has 0 amide bonds. The summed E-state index contributed by atoms with van der Waals surface area (Å²) in [6.45, 7) is 2.53. The van der Waals surface area contributed by atoms with Gasteiger partial charge in [0.1, 0.15) is 16.4 Å². The van der Waals surface area contributed by atoms with Gasteiger partial charge in [-0.15, -0.1) is 0 Å². The van der Waals surface area contributed by atoms with Gasteiger partial charge in [-0.1, -0.05) is 34.1 Å². The number of nitrogens with one attached hydrogen (secondary N) is 1. The van der Waals surface area contributed by atoms with Crippen molar-refractivity contribution < 1.29 is 17.9 Å². The highest BCUT2D eigenvalue weighted by molar-refractivity contribution is 9.10. The number of halogens is 1. The lowest BCUT2D eigenvalue weighted by Crippen LogP contribution is -2.24. The maximum atomic E-state index is 12.6. The Morgan fingerprint density at radius 1 is 1.13 bits per heavy atom. The Kier molecular flexibility index (Phi) is 6.04. The van der Waals surface area contributed by atoms with Crippen LogP contribution in [0.4, 0.5) is 0 Å². The van der Waals surface area contributed by atoms with E-state index < -0.39 is 10.0 Å². The van der Waals surface area contributed by atoms with Crippen LogP contribution >= 0.6 is 15.9 Å². The number of hydrogen-bond donors (Lipinski definition) is 1. The van der Waals surface area contributed by atoms with Crippen molar-refractivity contribution in [2.24, 2.45) is 0 Å². The van der Waals surface area contributed by atoms with Gasteiger partial charge in [0.25, 0.3) is 0 Å². The fourth-order valence-electron chi connectivity index (χ4n) is 2.06. The first-order valence-corrected chi connectivity index (χ1v) is 9.29. The van der Waals surface area contributed by atoms with E-state index in [9.17, 15) is 8.42 Å². The van der Waals surface area contributed by atoms with E-state index in [0.717, 1.165) is 5.56 Å². The summed E-state index contributed by atoms with van der Waals surface area (Å²) < 4.78 is 39.0. The fraction of sp³-hybridized carbons (Fsp3) is 0.250. The first-order valence-electron chi connectivity index (χ1n) is 7.02. The molecule has 0 unspecified atom stereocenters.